The van der Waals surface area contributed by atoms with Gasteiger partial charge in [0, 0.05) is 16.9 Å². The van der Waals surface area contributed by atoms with Gasteiger partial charge in [0.15, 0.2) is 0 Å². The topological polar surface area (TPSA) is 49.3 Å². The van der Waals surface area contributed by atoms with E-state index in [1.807, 2.05) is 6.92 Å². The normalized spacial score (nSPS) is 12.2. The van der Waals surface area contributed by atoms with Crippen molar-refractivity contribution in [3.05, 3.63) is 28.8 Å². The van der Waals surface area contributed by atoms with Crippen LogP contribution in [-0.4, -0.2) is 22.9 Å². The average Bonchev–Trinajstić information content (AvgIpc) is 2.31. The van der Waals surface area contributed by atoms with E-state index in [4.69, 9.17) is 23.2 Å². The number of phenols is 1. The minimum atomic E-state index is -0.332. The second kappa shape index (κ2) is 6.72. The molecule has 0 radical (unpaired) electrons. The molecule has 0 saturated heterocycles. The Labute approximate surface area is 111 Å². The van der Waals surface area contributed by atoms with E-state index in [9.17, 15) is 9.90 Å². The molecule has 94 valence electrons. The largest absolute Gasteiger partial charge is 0.507 e. The number of rotatable bonds is 5. The Hall–Kier alpha value is -0.930. The lowest BCUT2D eigenvalue weighted by Gasteiger charge is -2.16. The number of benzene rings is 1. The van der Waals surface area contributed by atoms with Crippen LogP contribution in [-0.2, 0) is 0 Å². The molecule has 1 aromatic carbocycles. The van der Waals surface area contributed by atoms with Gasteiger partial charge >= 0.3 is 0 Å². The predicted molar refractivity (Wildman–Crippen MR) is 70.0 cm³/mol. The number of phenolic OH excluding ortho intramolecular Hbond substituents is 1. The van der Waals surface area contributed by atoms with Crippen molar-refractivity contribution in [2.45, 2.75) is 25.8 Å². The van der Waals surface area contributed by atoms with Gasteiger partial charge in [0.1, 0.15) is 5.75 Å². The first-order valence-corrected chi connectivity index (χ1v) is 6.35. The lowest BCUT2D eigenvalue weighted by atomic mass is 10.1. The highest BCUT2D eigenvalue weighted by Gasteiger charge is 2.15. The average molecular weight is 276 g/mol. The van der Waals surface area contributed by atoms with Crippen molar-refractivity contribution in [3.63, 3.8) is 0 Å². The number of nitrogens with one attached hydrogen (secondary N) is 1. The summed E-state index contributed by atoms with van der Waals surface area (Å²) in [7, 11) is 0. The second-order valence-electron chi connectivity index (χ2n) is 3.72. The summed E-state index contributed by atoms with van der Waals surface area (Å²) in [5.41, 5.74) is 0.186. The molecule has 0 aliphatic carbocycles. The Bertz CT molecular complexity index is 396. The number of carbonyl (C=O) groups excluding carboxylic acids is 1. The molecule has 0 heterocycles. The third kappa shape index (κ3) is 4.10. The maximum Gasteiger partial charge on any atom is 0.255 e. The maximum absolute atomic E-state index is 11.9. The maximum atomic E-state index is 11.9. The first-order chi connectivity index (χ1) is 8.08. The smallest absolute Gasteiger partial charge is 0.255 e. The number of amides is 1. The Morgan fingerprint density at radius 3 is 2.82 bits per heavy atom. The van der Waals surface area contributed by atoms with E-state index in [0.29, 0.717) is 17.3 Å². The van der Waals surface area contributed by atoms with Crippen molar-refractivity contribution in [1.82, 2.24) is 5.32 Å². The van der Waals surface area contributed by atoms with E-state index in [0.717, 1.165) is 6.42 Å². The predicted octanol–water partition coefficient (Wildman–Crippen LogP) is 3.18. The fourth-order valence-corrected chi connectivity index (χ4v) is 1.90. The third-order valence-electron chi connectivity index (χ3n) is 2.49. The Kier molecular flexibility index (Phi) is 5.59. The molecule has 0 saturated carbocycles. The van der Waals surface area contributed by atoms with Crippen LogP contribution in [0, 0.1) is 0 Å². The van der Waals surface area contributed by atoms with Gasteiger partial charge in [-0.05, 0) is 31.0 Å². The number of hydrogen-bond donors (Lipinski definition) is 2. The van der Waals surface area contributed by atoms with Crippen molar-refractivity contribution in [2.75, 3.05) is 5.88 Å². The summed E-state index contributed by atoms with van der Waals surface area (Å²) in [4.78, 5) is 11.9. The van der Waals surface area contributed by atoms with Crippen LogP contribution in [0.25, 0.3) is 0 Å². The van der Waals surface area contributed by atoms with Gasteiger partial charge in [0.25, 0.3) is 5.91 Å². The molecule has 17 heavy (non-hydrogen) atoms. The standard InChI is InChI=1S/C12H15Cl2NO2/c1-2-9(5-6-13)15-12(17)10-7-8(14)3-4-11(10)16/h3-4,7,9,16H,2,5-6H2,1H3,(H,15,17). The molecule has 0 aliphatic rings. The number of hydrogen-bond acceptors (Lipinski definition) is 2. The minimum absolute atomic E-state index is 0.0124. The molecule has 0 aliphatic heterocycles. The summed E-state index contributed by atoms with van der Waals surface area (Å²) >= 11 is 11.4. The molecule has 5 heteroatoms. The van der Waals surface area contributed by atoms with Crippen LogP contribution in [0.5, 0.6) is 5.75 Å². The lowest BCUT2D eigenvalue weighted by Crippen LogP contribution is -2.34. The van der Waals surface area contributed by atoms with Crippen molar-refractivity contribution in [3.8, 4) is 5.75 Å². The molecule has 2 N–H and O–H groups in total. The highest BCUT2D eigenvalue weighted by atomic mass is 35.5. The van der Waals surface area contributed by atoms with Gasteiger partial charge in [-0.25, -0.2) is 0 Å². The molecular formula is C12H15Cl2NO2. The highest BCUT2D eigenvalue weighted by Crippen LogP contribution is 2.21. The van der Waals surface area contributed by atoms with Crippen molar-refractivity contribution in [2.24, 2.45) is 0 Å². The van der Waals surface area contributed by atoms with Gasteiger partial charge in [-0.3, -0.25) is 4.79 Å². The molecule has 1 aromatic rings. The minimum Gasteiger partial charge on any atom is -0.507 e. The lowest BCUT2D eigenvalue weighted by molar-refractivity contribution is 0.0932. The van der Waals surface area contributed by atoms with Crippen LogP contribution in [0.4, 0.5) is 0 Å². The quantitative estimate of drug-likeness (QED) is 0.811. The number of carbonyl (C=O) groups is 1. The van der Waals surface area contributed by atoms with E-state index in [-0.39, 0.29) is 23.3 Å². The van der Waals surface area contributed by atoms with Gasteiger partial charge in [-0.15, -0.1) is 11.6 Å². The molecule has 1 atom stereocenters. The van der Waals surface area contributed by atoms with E-state index < -0.39 is 0 Å². The van der Waals surface area contributed by atoms with Crippen molar-refractivity contribution < 1.29 is 9.90 Å². The van der Waals surface area contributed by atoms with Crippen LogP contribution >= 0.6 is 23.2 Å². The fraction of sp³-hybridized carbons (Fsp3) is 0.417. The molecule has 1 amide bonds. The molecule has 3 nitrogen and oxygen atoms in total. The Morgan fingerprint density at radius 2 is 2.24 bits per heavy atom. The highest BCUT2D eigenvalue weighted by molar-refractivity contribution is 6.31. The third-order valence-corrected chi connectivity index (χ3v) is 2.94. The summed E-state index contributed by atoms with van der Waals surface area (Å²) in [5.74, 6) is 0.0786. The number of halogens is 2. The SMILES string of the molecule is CCC(CCCl)NC(=O)c1cc(Cl)ccc1O. The first-order valence-electron chi connectivity index (χ1n) is 5.43. The van der Waals surface area contributed by atoms with E-state index in [1.54, 1.807) is 0 Å². The van der Waals surface area contributed by atoms with Gasteiger partial charge in [0.2, 0.25) is 0 Å². The summed E-state index contributed by atoms with van der Waals surface area (Å²) < 4.78 is 0. The monoisotopic (exact) mass is 275 g/mol. The Morgan fingerprint density at radius 1 is 1.53 bits per heavy atom. The Balaban J connectivity index is 2.78. The van der Waals surface area contributed by atoms with Crippen LogP contribution in [0.2, 0.25) is 5.02 Å². The first kappa shape index (κ1) is 14.1. The molecule has 0 aromatic heterocycles. The summed E-state index contributed by atoms with van der Waals surface area (Å²) in [5, 5.41) is 12.8. The summed E-state index contributed by atoms with van der Waals surface area (Å²) in [6, 6.07) is 4.39. The molecule has 1 unspecified atom stereocenters. The fourth-order valence-electron chi connectivity index (χ4n) is 1.46. The van der Waals surface area contributed by atoms with Gasteiger partial charge in [0.05, 0.1) is 5.56 Å². The molecule has 1 rings (SSSR count). The zero-order valence-electron chi connectivity index (χ0n) is 9.54. The van der Waals surface area contributed by atoms with Crippen molar-refractivity contribution >= 4 is 29.1 Å². The van der Waals surface area contributed by atoms with Crippen LogP contribution < -0.4 is 5.32 Å². The zero-order chi connectivity index (χ0) is 12.8. The van der Waals surface area contributed by atoms with E-state index in [2.05, 4.69) is 5.32 Å². The molecule has 0 spiro atoms. The zero-order valence-corrected chi connectivity index (χ0v) is 11.1. The number of aromatic hydroxyl groups is 1. The van der Waals surface area contributed by atoms with E-state index in [1.165, 1.54) is 18.2 Å². The van der Waals surface area contributed by atoms with Crippen molar-refractivity contribution in [1.29, 1.82) is 0 Å². The van der Waals surface area contributed by atoms with Crippen LogP contribution in [0.15, 0.2) is 18.2 Å². The summed E-state index contributed by atoms with van der Waals surface area (Å²) in [6.07, 6.45) is 1.49. The van der Waals surface area contributed by atoms with Crippen LogP contribution in [0.1, 0.15) is 30.1 Å². The van der Waals surface area contributed by atoms with Crippen LogP contribution in [0.3, 0.4) is 0 Å². The number of alkyl halides is 1. The molecule has 0 fully saturated rings. The van der Waals surface area contributed by atoms with Gasteiger partial charge in [-0.2, -0.15) is 0 Å². The van der Waals surface area contributed by atoms with Gasteiger partial charge < -0.3 is 10.4 Å². The molecular weight excluding hydrogens is 261 g/mol. The van der Waals surface area contributed by atoms with Gasteiger partial charge in [-0.1, -0.05) is 18.5 Å². The summed E-state index contributed by atoms with van der Waals surface area (Å²) in [6.45, 7) is 1.97. The van der Waals surface area contributed by atoms with E-state index >= 15 is 0 Å². The molecule has 0 bridgehead atoms. The second-order valence-corrected chi connectivity index (χ2v) is 4.53.